The highest BCUT2D eigenvalue weighted by atomic mass is 16.6. The molecule has 1 amide bonds. The quantitative estimate of drug-likeness (QED) is 0.678. The molecule has 0 atom stereocenters. The van der Waals surface area contributed by atoms with Crippen molar-refractivity contribution >= 4 is 17.4 Å². The van der Waals surface area contributed by atoms with Crippen LogP contribution in [-0.4, -0.2) is 56.0 Å². The van der Waals surface area contributed by atoms with Gasteiger partial charge in [0.1, 0.15) is 13.2 Å². The second kappa shape index (κ2) is 8.85. The van der Waals surface area contributed by atoms with Gasteiger partial charge in [-0.15, -0.1) is 0 Å². The molecule has 6 nitrogen and oxygen atoms in total. The molecule has 0 unspecified atom stereocenters. The molecule has 3 heterocycles. The van der Waals surface area contributed by atoms with Crippen LogP contribution in [0.15, 0.2) is 36.4 Å². The minimum absolute atomic E-state index is 0.0721. The number of hydrogen-bond donors (Lipinski definition) is 0. The Hall–Kier alpha value is -3.02. The Kier molecular flexibility index (Phi) is 5.77. The SMILES string of the molecule is Cc1ccc(N2CCCC2)c(C(=O)N2CCC(C(=O)c3ccc4c(c3)OCCO4)CC2)c1. The fourth-order valence-electron chi connectivity index (χ4n) is 5.00. The molecule has 0 radical (unpaired) electrons. The van der Waals surface area contributed by atoms with E-state index in [-0.39, 0.29) is 17.6 Å². The highest BCUT2D eigenvalue weighted by molar-refractivity contribution is 6.01. The zero-order chi connectivity index (χ0) is 22.1. The summed E-state index contributed by atoms with van der Waals surface area (Å²) >= 11 is 0. The first-order valence-electron chi connectivity index (χ1n) is 11.7. The zero-order valence-corrected chi connectivity index (χ0v) is 18.6. The molecule has 32 heavy (non-hydrogen) atoms. The van der Waals surface area contributed by atoms with Crippen LogP contribution in [0.1, 0.15) is 52.0 Å². The third kappa shape index (κ3) is 4.06. The number of aryl methyl sites for hydroxylation is 1. The summed E-state index contributed by atoms with van der Waals surface area (Å²) in [7, 11) is 0. The van der Waals surface area contributed by atoms with Crippen LogP contribution in [0.5, 0.6) is 11.5 Å². The normalized spacial score (nSPS) is 18.7. The van der Waals surface area contributed by atoms with Gasteiger partial charge in [0.15, 0.2) is 17.3 Å². The van der Waals surface area contributed by atoms with Gasteiger partial charge in [-0.05, 0) is 62.9 Å². The Morgan fingerprint density at radius 1 is 0.875 bits per heavy atom. The lowest BCUT2D eigenvalue weighted by atomic mass is 9.88. The maximum atomic E-state index is 13.4. The third-order valence-corrected chi connectivity index (χ3v) is 6.81. The molecular weight excluding hydrogens is 404 g/mol. The van der Waals surface area contributed by atoms with Gasteiger partial charge in [-0.2, -0.15) is 0 Å². The van der Waals surface area contributed by atoms with Crippen LogP contribution in [-0.2, 0) is 0 Å². The number of benzene rings is 2. The minimum atomic E-state index is -0.0721. The Morgan fingerprint density at radius 2 is 1.59 bits per heavy atom. The molecule has 0 bridgehead atoms. The van der Waals surface area contributed by atoms with E-state index in [1.807, 2.05) is 30.0 Å². The van der Waals surface area contributed by atoms with Gasteiger partial charge in [0.2, 0.25) is 0 Å². The third-order valence-electron chi connectivity index (χ3n) is 6.81. The average molecular weight is 435 g/mol. The molecule has 2 fully saturated rings. The fourth-order valence-corrected chi connectivity index (χ4v) is 5.00. The maximum absolute atomic E-state index is 13.4. The van der Waals surface area contributed by atoms with Crippen molar-refractivity contribution in [2.75, 3.05) is 44.3 Å². The topological polar surface area (TPSA) is 59.1 Å². The number of carbonyl (C=O) groups is 2. The number of fused-ring (bicyclic) bond motifs is 1. The Labute approximate surface area is 189 Å². The van der Waals surface area contributed by atoms with E-state index >= 15 is 0 Å². The lowest BCUT2D eigenvalue weighted by molar-refractivity contribution is 0.0650. The number of piperidine rings is 1. The summed E-state index contributed by atoms with van der Waals surface area (Å²) in [5.41, 5.74) is 3.60. The van der Waals surface area contributed by atoms with Gasteiger partial charge in [0.05, 0.1) is 5.56 Å². The van der Waals surface area contributed by atoms with Gasteiger partial charge in [0.25, 0.3) is 5.91 Å². The van der Waals surface area contributed by atoms with Crippen LogP contribution in [0.2, 0.25) is 0 Å². The monoisotopic (exact) mass is 434 g/mol. The van der Waals surface area contributed by atoms with Crippen molar-refractivity contribution in [3.8, 4) is 11.5 Å². The number of ketones is 1. The first-order valence-corrected chi connectivity index (χ1v) is 11.7. The van der Waals surface area contributed by atoms with Crippen LogP contribution >= 0.6 is 0 Å². The number of likely N-dealkylation sites (tertiary alicyclic amines) is 1. The maximum Gasteiger partial charge on any atom is 0.255 e. The number of anilines is 1. The highest BCUT2D eigenvalue weighted by Gasteiger charge is 2.31. The molecule has 2 aromatic carbocycles. The van der Waals surface area contributed by atoms with E-state index < -0.39 is 0 Å². The molecule has 0 spiro atoms. The lowest BCUT2D eigenvalue weighted by Gasteiger charge is -2.33. The van der Waals surface area contributed by atoms with E-state index in [0.717, 1.165) is 29.9 Å². The molecule has 0 aromatic heterocycles. The van der Waals surface area contributed by atoms with Gasteiger partial charge in [-0.1, -0.05) is 11.6 Å². The Morgan fingerprint density at radius 3 is 2.34 bits per heavy atom. The molecule has 2 saturated heterocycles. The van der Waals surface area contributed by atoms with E-state index in [2.05, 4.69) is 17.0 Å². The first-order chi connectivity index (χ1) is 15.6. The van der Waals surface area contributed by atoms with Crippen molar-refractivity contribution in [2.45, 2.75) is 32.6 Å². The van der Waals surface area contributed by atoms with Crippen molar-refractivity contribution in [1.82, 2.24) is 4.90 Å². The largest absolute Gasteiger partial charge is 0.486 e. The molecule has 0 N–H and O–H groups in total. The van der Waals surface area contributed by atoms with Crippen LogP contribution in [0.25, 0.3) is 0 Å². The predicted octanol–water partition coefficient (Wildman–Crippen LogP) is 4.10. The van der Waals surface area contributed by atoms with E-state index in [9.17, 15) is 9.59 Å². The fraction of sp³-hybridized carbons (Fsp3) is 0.462. The van der Waals surface area contributed by atoms with Crippen molar-refractivity contribution < 1.29 is 19.1 Å². The standard InChI is InChI=1S/C26H30N2O4/c1-18-4-6-22(27-10-2-3-11-27)21(16-18)26(30)28-12-8-19(9-13-28)25(29)20-5-7-23-24(17-20)32-15-14-31-23/h4-7,16-17,19H,2-3,8-15H2,1H3. The van der Waals surface area contributed by atoms with Gasteiger partial charge in [-0.25, -0.2) is 0 Å². The highest BCUT2D eigenvalue weighted by Crippen LogP contribution is 2.33. The number of rotatable bonds is 4. The van der Waals surface area contributed by atoms with Crippen LogP contribution in [0, 0.1) is 12.8 Å². The molecule has 168 valence electrons. The molecule has 6 heteroatoms. The van der Waals surface area contributed by atoms with E-state index in [1.165, 1.54) is 12.8 Å². The van der Waals surface area contributed by atoms with Crippen molar-refractivity contribution in [1.29, 1.82) is 0 Å². The van der Waals surface area contributed by atoms with Crippen LogP contribution in [0.4, 0.5) is 5.69 Å². The average Bonchev–Trinajstić information content (AvgIpc) is 3.38. The predicted molar refractivity (Wildman–Crippen MR) is 123 cm³/mol. The zero-order valence-electron chi connectivity index (χ0n) is 18.6. The van der Waals surface area contributed by atoms with E-state index in [0.29, 0.717) is 56.2 Å². The number of hydrogen-bond acceptors (Lipinski definition) is 5. The molecule has 0 saturated carbocycles. The van der Waals surface area contributed by atoms with Gasteiger partial charge in [-0.3, -0.25) is 9.59 Å². The van der Waals surface area contributed by atoms with E-state index in [4.69, 9.17) is 9.47 Å². The second-order valence-electron chi connectivity index (χ2n) is 9.00. The molecule has 0 aliphatic carbocycles. The molecule has 3 aliphatic rings. The number of nitrogens with zero attached hydrogens (tertiary/aromatic N) is 2. The summed E-state index contributed by atoms with van der Waals surface area (Å²) in [4.78, 5) is 30.8. The molecule has 5 rings (SSSR count). The number of amides is 1. The summed E-state index contributed by atoms with van der Waals surface area (Å²) in [5.74, 6) is 1.48. The van der Waals surface area contributed by atoms with E-state index in [1.54, 1.807) is 6.07 Å². The van der Waals surface area contributed by atoms with Gasteiger partial charge < -0.3 is 19.3 Å². The smallest absolute Gasteiger partial charge is 0.255 e. The Bertz CT molecular complexity index is 1020. The number of Topliss-reactive ketones (excluding diaryl/α,β-unsaturated/α-hetero) is 1. The minimum Gasteiger partial charge on any atom is -0.486 e. The summed E-state index contributed by atoms with van der Waals surface area (Å²) in [6.45, 7) is 6.30. The van der Waals surface area contributed by atoms with Crippen molar-refractivity contribution in [3.63, 3.8) is 0 Å². The van der Waals surface area contributed by atoms with Crippen LogP contribution < -0.4 is 14.4 Å². The summed E-state index contributed by atoms with van der Waals surface area (Å²) in [6.07, 6.45) is 3.72. The first kappa shape index (κ1) is 20.9. The number of ether oxygens (including phenoxy) is 2. The molecule has 3 aliphatic heterocycles. The van der Waals surface area contributed by atoms with Crippen molar-refractivity contribution in [3.05, 3.63) is 53.1 Å². The van der Waals surface area contributed by atoms with Gasteiger partial charge >= 0.3 is 0 Å². The Balaban J connectivity index is 1.26. The number of carbonyl (C=O) groups excluding carboxylic acids is 2. The second-order valence-corrected chi connectivity index (χ2v) is 9.00. The lowest BCUT2D eigenvalue weighted by Crippen LogP contribution is -2.41. The van der Waals surface area contributed by atoms with Gasteiger partial charge in [0, 0.05) is 43.3 Å². The van der Waals surface area contributed by atoms with Crippen LogP contribution in [0.3, 0.4) is 0 Å². The summed E-state index contributed by atoms with van der Waals surface area (Å²) < 4.78 is 11.2. The molecular formula is C26H30N2O4. The molecule has 2 aromatic rings. The van der Waals surface area contributed by atoms with Crippen molar-refractivity contribution in [2.24, 2.45) is 5.92 Å². The summed E-state index contributed by atoms with van der Waals surface area (Å²) in [5, 5.41) is 0. The summed E-state index contributed by atoms with van der Waals surface area (Å²) in [6, 6.07) is 11.6.